The fourth-order valence-corrected chi connectivity index (χ4v) is 3.79. The molecule has 4 rings (SSSR count). The molecular formula is C14H16N6OS. The van der Waals surface area contributed by atoms with Crippen LogP contribution < -0.4 is 5.56 Å². The Bertz CT molecular complexity index is 908. The van der Waals surface area contributed by atoms with Crippen molar-refractivity contribution in [1.29, 1.82) is 0 Å². The molecule has 0 saturated heterocycles. The van der Waals surface area contributed by atoms with Gasteiger partial charge in [0, 0.05) is 36.8 Å². The van der Waals surface area contributed by atoms with Gasteiger partial charge in [0.2, 0.25) is 0 Å². The van der Waals surface area contributed by atoms with Gasteiger partial charge >= 0.3 is 0 Å². The average molecular weight is 316 g/mol. The highest BCUT2D eigenvalue weighted by Crippen LogP contribution is 2.16. The zero-order chi connectivity index (χ0) is 15.3. The molecule has 4 heterocycles. The fraction of sp³-hybridized carbons (Fsp3) is 0.429. The minimum Gasteiger partial charge on any atom is -0.313 e. The summed E-state index contributed by atoms with van der Waals surface area (Å²) in [5.74, 6) is 1.94. The van der Waals surface area contributed by atoms with Crippen molar-refractivity contribution in [2.75, 3.05) is 6.54 Å². The first-order chi connectivity index (χ1) is 10.6. The number of fused-ring (bicyclic) bond motifs is 2. The first-order valence-corrected chi connectivity index (χ1v) is 8.07. The fourth-order valence-electron chi connectivity index (χ4n) is 2.90. The van der Waals surface area contributed by atoms with Crippen molar-refractivity contribution in [3.05, 3.63) is 44.8 Å². The maximum atomic E-state index is 12.2. The van der Waals surface area contributed by atoms with Crippen molar-refractivity contribution in [3.8, 4) is 0 Å². The molecule has 1 aliphatic heterocycles. The lowest BCUT2D eigenvalue weighted by atomic mass is 10.3. The minimum atomic E-state index is -0.00484. The van der Waals surface area contributed by atoms with Gasteiger partial charge in [0.15, 0.2) is 4.96 Å². The number of nitrogens with zero attached hydrogens (tertiary/aromatic N) is 6. The highest BCUT2D eigenvalue weighted by molar-refractivity contribution is 7.15. The van der Waals surface area contributed by atoms with Gasteiger partial charge < -0.3 is 4.57 Å². The van der Waals surface area contributed by atoms with E-state index >= 15 is 0 Å². The zero-order valence-corrected chi connectivity index (χ0v) is 13.3. The van der Waals surface area contributed by atoms with Crippen molar-refractivity contribution < 1.29 is 0 Å². The molecule has 8 heteroatoms. The quantitative estimate of drug-likeness (QED) is 0.705. The second-order valence-corrected chi connectivity index (χ2v) is 6.44. The predicted molar refractivity (Wildman–Crippen MR) is 82.9 cm³/mol. The van der Waals surface area contributed by atoms with Gasteiger partial charge in [0.25, 0.3) is 5.56 Å². The van der Waals surface area contributed by atoms with Crippen LogP contribution in [0.4, 0.5) is 0 Å². The second-order valence-electron chi connectivity index (χ2n) is 5.61. The molecule has 7 nitrogen and oxygen atoms in total. The highest BCUT2D eigenvalue weighted by atomic mass is 32.1. The minimum absolute atomic E-state index is 0.00484. The Balaban J connectivity index is 1.61. The van der Waals surface area contributed by atoms with Gasteiger partial charge in [0.1, 0.15) is 11.6 Å². The Morgan fingerprint density at radius 2 is 2.14 bits per heavy atom. The molecule has 0 fully saturated rings. The van der Waals surface area contributed by atoms with Crippen LogP contribution in [0.5, 0.6) is 0 Å². The normalized spacial score (nSPS) is 15.4. The van der Waals surface area contributed by atoms with Crippen LogP contribution in [0.15, 0.2) is 16.2 Å². The van der Waals surface area contributed by atoms with Crippen LogP contribution in [0, 0.1) is 13.8 Å². The van der Waals surface area contributed by atoms with E-state index in [0.29, 0.717) is 6.54 Å². The van der Waals surface area contributed by atoms with E-state index in [9.17, 15) is 4.79 Å². The van der Waals surface area contributed by atoms with E-state index in [0.717, 1.165) is 47.6 Å². The third-order valence-corrected chi connectivity index (χ3v) is 4.98. The van der Waals surface area contributed by atoms with E-state index in [1.807, 2.05) is 19.2 Å². The topological polar surface area (TPSA) is 68.3 Å². The lowest BCUT2D eigenvalue weighted by Crippen LogP contribution is -2.34. The predicted octanol–water partition coefficient (Wildman–Crippen LogP) is 0.980. The van der Waals surface area contributed by atoms with Gasteiger partial charge in [-0.3, -0.25) is 14.1 Å². The lowest BCUT2D eigenvalue weighted by Gasteiger charge is -2.27. The molecule has 0 aromatic carbocycles. The summed E-state index contributed by atoms with van der Waals surface area (Å²) in [5.41, 5.74) is 1.75. The first-order valence-electron chi connectivity index (χ1n) is 7.19. The first kappa shape index (κ1) is 13.6. The zero-order valence-electron chi connectivity index (χ0n) is 12.5. The van der Waals surface area contributed by atoms with Crippen molar-refractivity contribution >= 4 is 16.3 Å². The maximum absolute atomic E-state index is 12.2. The summed E-state index contributed by atoms with van der Waals surface area (Å²) in [7, 11) is 0. The molecule has 114 valence electrons. The van der Waals surface area contributed by atoms with Gasteiger partial charge in [-0.15, -0.1) is 21.5 Å². The molecule has 0 unspecified atom stereocenters. The Kier molecular flexibility index (Phi) is 3.08. The summed E-state index contributed by atoms with van der Waals surface area (Å²) in [4.78, 5) is 19.8. The molecule has 0 spiro atoms. The molecule has 1 aliphatic rings. The van der Waals surface area contributed by atoms with E-state index in [-0.39, 0.29) is 5.56 Å². The molecule has 0 radical (unpaired) electrons. The third-order valence-electron chi connectivity index (χ3n) is 4.03. The third kappa shape index (κ3) is 2.15. The average Bonchev–Trinajstić information content (AvgIpc) is 3.03. The Morgan fingerprint density at radius 1 is 1.27 bits per heavy atom. The Labute approximate surface area is 130 Å². The summed E-state index contributed by atoms with van der Waals surface area (Å²) in [6.07, 6.45) is 0. The van der Waals surface area contributed by atoms with Crippen molar-refractivity contribution in [1.82, 2.24) is 29.0 Å². The van der Waals surface area contributed by atoms with E-state index in [2.05, 4.69) is 24.6 Å². The summed E-state index contributed by atoms with van der Waals surface area (Å²) < 4.78 is 3.80. The maximum Gasteiger partial charge on any atom is 0.259 e. The number of aromatic nitrogens is 5. The van der Waals surface area contributed by atoms with Gasteiger partial charge in [-0.05, 0) is 13.8 Å². The summed E-state index contributed by atoms with van der Waals surface area (Å²) in [6.45, 7) is 7.09. The van der Waals surface area contributed by atoms with E-state index in [4.69, 9.17) is 0 Å². The van der Waals surface area contributed by atoms with Gasteiger partial charge in [-0.1, -0.05) is 0 Å². The molecule has 0 atom stereocenters. The van der Waals surface area contributed by atoms with Crippen molar-refractivity contribution in [2.24, 2.45) is 0 Å². The Hall–Kier alpha value is -2.06. The summed E-state index contributed by atoms with van der Waals surface area (Å²) in [5, 5.41) is 10.3. The molecular weight excluding hydrogens is 300 g/mol. The van der Waals surface area contributed by atoms with Crippen LogP contribution in [-0.2, 0) is 19.6 Å². The Morgan fingerprint density at radius 3 is 3.00 bits per heavy atom. The van der Waals surface area contributed by atoms with Gasteiger partial charge in [-0.2, -0.15) is 0 Å². The van der Waals surface area contributed by atoms with Gasteiger partial charge in [-0.25, -0.2) is 4.98 Å². The SMILES string of the molecule is Cc1nnc2n1CCN(Cc1cc(=O)n3c(C)csc3n1)C2. The number of aryl methyl sites for hydroxylation is 2. The largest absolute Gasteiger partial charge is 0.313 e. The molecule has 0 bridgehead atoms. The van der Waals surface area contributed by atoms with Crippen molar-refractivity contribution in [3.63, 3.8) is 0 Å². The summed E-state index contributed by atoms with van der Waals surface area (Å²) in [6, 6.07) is 1.64. The van der Waals surface area contributed by atoms with Crippen LogP contribution >= 0.6 is 11.3 Å². The molecule has 0 N–H and O–H groups in total. The molecule has 0 saturated carbocycles. The van der Waals surface area contributed by atoms with E-state index in [1.165, 1.54) is 11.3 Å². The summed E-state index contributed by atoms with van der Waals surface area (Å²) >= 11 is 1.50. The van der Waals surface area contributed by atoms with Crippen molar-refractivity contribution in [2.45, 2.75) is 33.5 Å². The van der Waals surface area contributed by atoms with Crippen LogP contribution in [0.3, 0.4) is 0 Å². The molecule has 22 heavy (non-hydrogen) atoms. The molecule has 3 aromatic rings. The van der Waals surface area contributed by atoms with Crippen LogP contribution in [0.1, 0.15) is 23.0 Å². The second kappa shape index (κ2) is 4.99. The van der Waals surface area contributed by atoms with Crippen LogP contribution in [0.2, 0.25) is 0 Å². The number of hydrogen-bond acceptors (Lipinski definition) is 6. The molecule has 0 amide bonds. The monoisotopic (exact) mass is 316 g/mol. The number of hydrogen-bond donors (Lipinski definition) is 0. The van der Waals surface area contributed by atoms with E-state index in [1.54, 1.807) is 10.5 Å². The number of rotatable bonds is 2. The lowest BCUT2D eigenvalue weighted by molar-refractivity contribution is 0.205. The van der Waals surface area contributed by atoms with Crippen LogP contribution in [0.25, 0.3) is 4.96 Å². The van der Waals surface area contributed by atoms with Gasteiger partial charge in [0.05, 0.1) is 12.2 Å². The van der Waals surface area contributed by atoms with E-state index < -0.39 is 0 Å². The number of thiazole rings is 1. The standard InChI is InChI=1S/C14H16N6OS/c1-9-8-22-14-15-11(5-13(21)20(9)14)6-18-3-4-19-10(2)16-17-12(19)7-18/h5,8H,3-4,6-7H2,1-2H3. The highest BCUT2D eigenvalue weighted by Gasteiger charge is 2.20. The molecule has 3 aromatic heterocycles. The smallest absolute Gasteiger partial charge is 0.259 e. The molecule has 0 aliphatic carbocycles. The van der Waals surface area contributed by atoms with Crippen LogP contribution in [-0.4, -0.2) is 35.6 Å².